The van der Waals surface area contributed by atoms with Crippen LogP contribution in [0.3, 0.4) is 0 Å². The molecule has 0 aromatic carbocycles. The summed E-state index contributed by atoms with van der Waals surface area (Å²) in [7, 11) is 0. The molecule has 0 radical (unpaired) electrons. The number of hydrogen-bond acceptors (Lipinski definition) is 4. The SMILES string of the molecule is c1cc(CNC2CN3CCC2CC3)on1. The maximum absolute atomic E-state index is 5.08. The van der Waals surface area contributed by atoms with Crippen LogP contribution in [-0.4, -0.2) is 35.7 Å². The largest absolute Gasteiger partial charge is 0.360 e. The third-order valence-corrected chi connectivity index (χ3v) is 3.69. The molecule has 3 aliphatic rings. The van der Waals surface area contributed by atoms with E-state index in [4.69, 9.17) is 4.52 Å². The molecule has 3 fully saturated rings. The van der Waals surface area contributed by atoms with Crippen molar-refractivity contribution in [2.45, 2.75) is 25.4 Å². The first-order valence-electron chi connectivity index (χ1n) is 5.77. The predicted molar refractivity (Wildman–Crippen MR) is 56.3 cm³/mol. The number of nitrogens with zero attached hydrogens (tertiary/aromatic N) is 2. The van der Waals surface area contributed by atoms with Gasteiger partial charge in [0.2, 0.25) is 0 Å². The Hall–Kier alpha value is -0.870. The van der Waals surface area contributed by atoms with Crippen LogP contribution in [0, 0.1) is 5.92 Å². The summed E-state index contributed by atoms with van der Waals surface area (Å²) in [5, 5.41) is 7.29. The molecule has 3 aliphatic heterocycles. The molecule has 4 heteroatoms. The molecule has 2 bridgehead atoms. The molecule has 82 valence electrons. The fourth-order valence-corrected chi connectivity index (χ4v) is 2.76. The smallest absolute Gasteiger partial charge is 0.150 e. The molecule has 1 aromatic rings. The van der Waals surface area contributed by atoms with Crippen molar-refractivity contribution in [3.63, 3.8) is 0 Å². The van der Waals surface area contributed by atoms with E-state index in [1.54, 1.807) is 6.20 Å². The van der Waals surface area contributed by atoms with Crippen LogP contribution in [0.1, 0.15) is 18.6 Å². The number of nitrogens with one attached hydrogen (secondary N) is 1. The van der Waals surface area contributed by atoms with E-state index in [1.165, 1.54) is 32.5 Å². The first-order chi connectivity index (χ1) is 7.42. The molecule has 1 aromatic heterocycles. The van der Waals surface area contributed by atoms with Crippen molar-refractivity contribution in [3.05, 3.63) is 18.0 Å². The van der Waals surface area contributed by atoms with Crippen molar-refractivity contribution in [3.8, 4) is 0 Å². The first kappa shape index (κ1) is 9.36. The van der Waals surface area contributed by atoms with Crippen LogP contribution in [-0.2, 0) is 6.54 Å². The standard InChI is InChI=1S/C11H17N3O/c1-4-13-15-10(1)7-12-11-8-14-5-2-9(11)3-6-14/h1,4,9,11-12H,2-3,5-8H2. The molecule has 4 heterocycles. The van der Waals surface area contributed by atoms with Gasteiger partial charge in [-0.25, -0.2) is 0 Å². The van der Waals surface area contributed by atoms with Gasteiger partial charge in [-0.05, 0) is 31.8 Å². The van der Waals surface area contributed by atoms with Crippen LogP contribution in [0.5, 0.6) is 0 Å². The normalized spacial score (nSPS) is 34.5. The second-order valence-corrected chi connectivity index (χ2v) is 4.60. The third-order valence-electron chi connectivity index (χ3n) is 3.69. The third kappa shape index (κ3) is 1.92. The number of fused-ring (bicyclic) bond motifs is 3. The van der Waals surface area contributed by atoms with E-state index in [9.17, 15) is 0 Å². The molecule has 15 heavy (non-hydrogen) atoms. The second-order valence-electron chi connectivity index (χ2n) is 4.60. The fraction of sp³-hybridized carbons (Fsp3) is 0.727. The van der Waals surface area contributed by atoms with E-state index in [2.05, 4.69) is 15.4 Å². The lowest BCUT2D eigenvalue weighted by Crippen LogP contribution is -2.55. The van der Waals surface area contributed by atoms with Gasteiger partial charge in [0.15, 0.2) is 0 Å². The Morgan fingerprint density at radius 1 is 1.47 bits per heavy atom. The summed E-state index contributed by atoms with van der Waals surface area (Å²) in [6.45, 7) is 4.62. The molecule has 0 amide bonds. The van der Waals surface area contributed by atoms with Crippen LogP contribution in [0.2, 0.25) is 0 Å². The summed E-state index contributed by atoms with van der Waals surface area (Å²) >= 11 is 0. The van der Waals surface area contributed by atoms with Crippen molar-refractivity contribution < 1.29 is 4.52 Å². The van der Waals surface area contributed by atoms with Gasteiger partial charge >= 0.3 is 0 Å². The van der Waals surface area contributed by atoms with E-state index in [0.717, 1.165) is 18.2 Å². The van der Waals surface area contributed by atoms with Gasteiger partial charge in [0.25, 0.3) is 0 Å². The van der Waals surface area contributed by atoms with Crippen molar-refractivity contribution >= 4 is 0 Å². The minimum absolute atomic E-state index is 0.651. The molecule has 0 aliphatic carbocycles. The molecular formula is C11H17N3O. The van der Waals surface area contributed by atoms with Gasteiger partial charge in [0.1, 0.15) is 5.76 Å². The molecule has 0 saturated carbocycles. The fourth-order valence-electron chi connectivity index (χ4n) is 2.76. The molecule has 4 nitrogen and oxygen atoms in total. The van der Waals surface area contributed by atoms with E-state index in [1.807, 2.05) is 6.07 Å². The summed E-state index contributed by atoms with van der Waals surface area (Å²) in [5.41, 5.74) is 0. The zero-order valence-corrected chi connectivity index (χ0v) is 8.85. The topological polar surface area (TPSA) is 41.3 Å². The lowest BCUT2D eigenvalue weighted by molar-refractivity contribution is 0.0708. The number of hydrogen-bond donors (Lipinski definition) is 1. The highest BCUT2D eigenvalue weighted by Gasteiger charge is 2.33. The molecule has 3 saturated heterocycles. The van der Waals surface area contributed by atoms with Crippen molar-refractivity contribution in [1.82, 2.24) is 15.4 Å². The van der Waals surface area contributed by atoms with E-state index < -0.39 is 0 Å². The minimum atomic E-state index is 0.651. The molecule has 1 atom stereocenters. The van der Waals surface area contributed by atoms with Gasteiger partial charge in [0, 0.05) is 18.7 Å². The Balaban J connectivity index is 1.55. The molecule has 1 N–H and O–H groups in total. The van der Waals surface area contributed by atoms with Gasteiger partial charge in [-0.1, -0.05) is 5.16 Å². The van der Waals surface area contributed by atoms with Crippen LogP contribution in [0.4, 0.5) is 0 Å². The molecule has 4 rings (SSSR count). The Labute approximate surface area is 89.6 Å². The summed E-state index contributed by atoms with van der Waals surface area (Å²) in [4.78, 5) is 2.55. The van der Waals surface area contributed by atoms with Gasteiger partial charge in [-0.2, -0.15) is 0 Å². The Morgan fingerprint density at radius 2 is 2.33 bits per heavy atom. The summed E-state index contributed by atoms with van der Waals surface area (Å²) in [5.74, 6) is 1.81. The van der Waals surface area contributed by atoms with Gasteiger partial charge < -0.3 is 14.7 Å². The monoisotopic (exact) mass is 207 g/mol. The number of aromatic nitrogens is 1. The van der Waals surface area contributed by atoms with Crippen molar-refractivity contribution in [2.75, 3.05) is 19.6 Å². The molecule has 0 spiro atoms. The van der Waals surface area contributed by atoms with Gasteiger partial charge in [0.05, 0.1) is 12.7 Å². The van der Waals surface area contributed by atoms with Crippen LogP contribution >= 0.6 is 0 Å². The zero-order valence-electron chi connectivity index (χ0n) is 8.85. The van der Waals surface area contributed by atoms with E-state index in [-0.39, 0.29) is 0 Å². The Morgan fingerprint density at radius 3 is 2.93 bits per heavy atom. The highest BCUT2D eigenvalue weighted by molar-refractivity contribution is 4.96. The maximum atomic E-state index is 5.08. The summed E-state index contributed by atoms with van der Waals surface area (Å²) in [6, 6.07) is 2.58. The van der Waals surface area contributed by atoms with Crippen LogP contribution < -0.4 is 5.32 Å². The zero-order chi connectivity index (χ0) is 10.1. The lowest BCUT2D eigenvalue weighted by Gasteiger charge is -2.45. The second kappa shape index (κ2) is 3.94. The molecular weight excluding hydrogens is 190 g/mol. The molecule has 1 unspecified atom stereocenters. The highest BCUT2D eigenvalue weighted by Crippen LogP contribution is 2.27. The van der Waals surface area contributed by atoms with Crippen molar-refractivity contribution in [2.24, 2.45) is 5.92 Å². The Kier molecular flexibility index (Phi) is 2.46. The summed E-state index contributed by atoms with van der Waals surface area (Å²) < 4.78 is 5.08. The van der Waals surface area contributed by atoms with E-state index in [0.29, 0.717) is 6.04 Å². The summed E-state index contributed by atoms with van der Waals surface area (Å²) in [6.07, 6.45) is 4.41. The maximum Gasteiger partial charge on any atom is 0.150 e. The van der Waals surface area contributed by atoms with E-state index >= 15 is 0 Å². The van der Waals surface area contributed by atoms with Gasteiger partial charge in [-0.15, -0.1) is 0 Å². The van der Waals surface area contributed by atoms with Crippen LogP contribution in [0.25, 0.3) is 0 Å². The number of rotatable bonds is 3. The predicted octanol–water partition coefficient (Wildman–Crippen LogP) is 0.858. The van der Waals surface area contributed by atoms with Crippen molar-refractivity contribution in [1.29, 1.82) is 0 Å². The quantitative estimate of drug-likeness (QED) is 0.798. The van der Waals surface area contributed by atoms with Gasteiger partial charge in [-0.3, -0.25) is 0 Å². The average molecular weight is 207 g/mol. The van der Waals surface area contributed by atoms with Crippen LogP contribution in [0.15, 0.2) is 16.8 Å². The average Bonchev–Trinajstić information content (AvgIpc) is 2.81. The Bertz CT molecular complexity index is 304. The first-order valence-corrected chi connectivity index (χ1v) is 5.77. The minimum Gasteiger partial charge on any atom is -0.360 e. The number of piperidine rings is 3. The lowest BCUT2D eigenvalue weighted by atomic mass is 9.84. The highest BCUT2D eigenvalue weighted by atomic mass is 16.5.